The molecule has 0 saturated carbocycles. The van der Waals surface area contributed by atoms with Crippen LogP contribution in [0.25, 0.3) is 16.4 Å². The van der Waals surface area contributed by atoms with E-state index in [1.807, 2.05) is 74.7 Å². The lowest BCUT2D eigenvalue weighted by atomic mass is 10.1. The third kappa shape index (κ3) is 4.11. The molecular formula is C23H22N4O2S. The number of amides is 1. The molecule has 2 aromatic heterocycles. The molecular weight excluding hydrogens is 396 g/mol. The van der Waals surface area contributed by atoms with E-state index >= 15 is 0 Å². The van der Waals surface area contributed by atoms with Crippen molar-refractivity contribution < 1.29 is 9.53 Å². The maximum Gasteiger partial charge on any atom is 0.256 e. The molecule has 0 saturated heterocycles. The normalized spacial score (nSPS) is 10.8. The highest BCUT2D eigenvalue weighted by molar-refractivity contribution is 7.12. The Morgan fingerprint density at radius 1 is 1.03 bits per heavy atom. The van der Waals surface area contributed by atoms with Gasteiger partial charge in [-0.15, -0.1) is 11.3 Å². The number of ether oxygens (including phenoxy) is 1. The average molecular weight is 419 g/mol. The van der Waals surface area contributed by atoms with Crippen LogP contribution in [0, 0.1) is 20.8 Å². The van der Waals surface area contributed by atoms with Crippen molar-refractivity contribution in [3.63, 3.8) is 0 Å². The van der Waals surface area contributed by atoms with E-state index in [2.05, 4.69) is 10.4 Å². The van der Waals surface area contributed by atoms with Crippen LogP contribution in [0.2, 0.25) is 0 Å². The quantitative estimate of drug-likeness (QED) is 0.485. The van der Waals surface area contributed by atoms with Gasteiger partial charge in [-0.3, -0.25) is 4.79 Å². The first-order valence-electron chi connectivity index (χ1n) is 9.49. The Morgan fingerprint density at radius 3 is 2.40 bits per heavy atom. The van der Waals surface area contributed by atoms with E-state index in [-0.39, 0.29) is 5.91 Å². The Balaban J connectivity index is 1.62. The van der Waals surface area contributed by atoms with Crippen LogP contribution in [0.15, 0.2) is 53.9 Å². The van der Waals surface area contributed by atoms with Gasteiger partial charge < -0.3 is 10.1 Å². The summed E-state index contributed by atoms with van der Waals surface area (Å²) in [4.78, 5) is 17.5. The predicted octanol–water partition coefficient (Wildman–Crippen LogP) is 5.18. The third-order valence-electron chi connectivity index (χ3n) is 4.62. The predicted molar refractivity (Wildman–Crippen MR) is 120 cm³/mol. The number of rotatable bonds is 5. The zero-order chi connectivity index (χ0) is 21.3. The maximum absolute atomic E-state index is 12.8. The van der Waals surface area contributed by atoms with Gasteiger partial charge in [0.05, 0.1) is 18.5 Å². The topological polar surface area (TPSA) is 69.0 Å². The highest BCUT2D eigenvalue weighted by Gasteiger charge is 2.16. The smallest absolute Gasteiger partial charge is 0.256 e. The molecule has 7 heteroatoms. The molecule has 2 heterocycles. The minimum Gasteiger partial charge on any atom is -0.497 e. The van der Waals surface area contributed by atoms with Crippen LogP contribution in [0.3, 0.4) is 0 Å². The Morgan fingerprint density at radius 2 is 1.73 bits per heavy atom. The standard InChI is InChI=1S/C23H22N4O2S/c1-14-9-15(2)11-18(10-14)22(28)25-21-12-16(3)26-27(21)23-24-20(13-30-23)17-5-7-19(29-4)8-6-17/h5-13H,1-4H3,(H,25,28). The van der Waals surface area contributed by atoms with Crippen LogP contribution < -0.4 is 10.1 Å². The van der Waals surface area contributed by atoms with E-state index in [1.54, 1.807) is 11.8 Å². The fraction of sp³-hybridized carbons (Fsp3) is 0.174. The number of hydrogen-bond donors (Lipinski definition) is 1. The molecule has 0 unspecified atom stereocenters. The largest absolute Gasteiger partial charge is 0.497 e. The summed E-state index contributed by atoms with van der Waals surface area (Å²) >= 11 is 1.47. The first-order chi connectivity index (χ1) is 14.4. The summed E-state index contributed by atoms with van der Waals surface area (Å²) in [6, 6.07) is 15.4. The molecule has 0 aliphatic rings. The van der Waals surface area contributed by atoms with Gasteiger partial charge in [-0.1, -0.05) is 17.2 Å². The molecule has 1 N–H and O–H groups in total. The van der Waals surface area contributed by atoms with Crippen molar-refractivity contribution in [1.29, 1.82) is 0 Å². The monoisotopic (exact) mass is 418 g/mol. The van der Waals surface area contributed by atoms with Gasteiger partial charge >= 0.3 is 0 Å². The summed E-state index contributed by atoms with van der Waals surface area (Å²) in [5, 5.41) is 10.2. The molecule has 6 nitrogen and oxygen atoms in total. The van der Waals surface area contributed by atoms with Crippen LogP contribution in [-0.2, 0) is 0 Å². The molecule has 1 amide bonds. The minimum absolute atomic E-state index is 0.171. The lowest BCUT2D eigenvalue weighted by Crippen LogP contribution is -2.15. The number of carbonyl (C=O) groups excluding carboxylic acids is 1. The van der Waals surface area contributed by atoms with Crippen molar-refractivity contribution in [2.24, 2.45) is 0 Å². The molecule has 0 aliphatic carbocycles. The van der Waals surface area contributed by atoms with Crippen molar-refractivity contribution >= 4 is 23.1 Å². The van der Waals surface area contributed by atoms with Crippen LogP contribution in [0.5, 0.6) is 5.75 Å². The zero-order valence-electron chi connectivity index (χ0n) is 17.3. The van der Waals surface area contributed by atoms with Gasteiger partial charge in [0.2, 0.25) is 5.13 Å². The van der Waals surface area contributed by atoms with Crippen molar-refractivity contribution in [2.45, 2.75) is 20.8 Å². The van der Waals surface area contributed by atoms with Crippen molar-refractivity contribution in [3.8, 4) is 22.1 Å². The average Bonchev–Trinajstić information content (AvgIpc) is 3.34. The van der Waals surface area contributed by atoms with E-state index < -0.39 is 0 Å². The molecule has 0 aliphatic heterocycles. The summed E-state index contributed by atoms with van der Waals surface area (Å²) in [7, 11) is 1.64. The van der Waals surface area contributed by atoms with Crippen LogP contribution >= 0.6 is 11.3 Å². The van der Waals surface area contributed by atoms with Gasteiger partial charge in [-0.05, 0) is 57.2 Å². The Bertz CT molecular complexity index is 1190. The number of methoxy groups -OCH3 is 1. The highest BCUT2D eigenvalue weighted by Crippen LogP contribution is 2.28. The Labute approximate surface area is 179 Å². The van der Waals surface area contributed by atoms with Crippen LogP contribution in [-0.4, -0.2) is 27.8 Å². The fourth-order valence-corrected chi connectivity index (χ4v) is 4.08. The van der Waals surface area contributed by atoms with Gasteiger partial charge in [0.1, 0.15) is 11.6 Å². The van der Waals surface area contributed by atoms with E-state index in [0.29, 0.717) is 16.5 Å². The zero-order valence-corrected chi connectivity index (χ0v) is 18.1. The van der Waals surface area contributed by atoms with Crippen molar-refractivity contribution in [2.75, 3.05) is 12.4 Å². The molecule has 0 fully saturated rings. The molecule has 2 aromatic carbocycles. The molecule has 30 heavy (non-hydrogen) atoms. The number of benzene rings is 2. The molecule has 4 rings (SSSR count). The van der Waals surface area contributed by atoms with Crippen LogP contribution in [0.4, 0.5) is 5.82 Å². The molecule has 0 radical (unpaired) electrons. The van der Waals surface area contributed by atoms with E-state index in [1.165, 1.54) is 11.3 Å². The van der Waals surface area contributed by atoms with E-state index in [0.717, 1.165) is 33.8 Å². The minimum atomic E-state index is -0.171. The highest BCUT2D eigenvalue weighted by atomic mass is 32.1. The van der Waals surface area contributed by atoms with Gasteiger partial charge in [0.25, 0.3) is 5.91 Å². The van der Waals surface area contributed by atoms with Gasteiger partial charge in [0.15, 0.2) is 0 Å². The number of aromatic nitrogens is 3. The number of anilines is 1. The summed E-state index contributed by atoms with van der Waals surface area (Å²) < 4.78 is 6.89. The van der Waals surface area contributed by atoms with E-state index in [9.17, 15) is 4.79 Å². The summed E-state index contributed by atoms with van der Waals surface area (Å²) in [6.07, 6.45) is 0. The lowest BCUT2D eigenvalue weighted by molar-refractivity contribution is 0.102. The second-order valence-corrected chi connectivity index (χ2v) is 7.99. The number of aryl methyl sites for hydroxylation is 3. The van der Waals surface area contributed by atoms with Gasteiger partial charge in [-0.25, -0.2) is 4.98 Å². The molecule has 152 valence electrons. The first kappa shape index (κ1) is 19.8. The first-order valence-corrected chi connectivity index (χ1v) is 10.4. The molecule has 4 aromatic rings. The Kier molecular flexibility index (Phi) is 5.37. The lowest BCUT2D eigenvalue weighted by Gasteiger charge is -2.08. The number of carbonyl (C=O) groups is 1. The number of hydrogen-bond acceptors (Lipinski definition) is 5. The van der Waals surface area contributed by atoms with Crippen molar-refractivity contribution in [3.05, 3.63) is 76.3 Å². The maximum atomic E-state index is 12.8. The second kappa shape index (κ2) is 8.12. The van der Waals surface area contributed by atoms with Crippen molar-refractivity contribution in [1.82, 2.24) is 14.8 Å². The van der Waals surface area contributed by atoms with E-state index in [4.69, 9.17) is 9.72 Å². The molecule has 0 bridgehead atoms. The number of nitrogens with one attached hydrogen (secondary N) is 1. The number of nitrogens with zero attached hydrogens (tertiary/aromatic N) is 3. The molecule has 0 spiro atoms. The van der Waals surface area contributed by atoms with Gasteiger partial charge in [-0.2, -0.15) is 9.78 Å². The Hall–Kier alpha value is -3.45. The van der Waals surface area contributed by atoms with Gasteiger partial charge in [0, 0.05) is 22.6 Å². The summed E-state index contributed by atoms with van der Waals surface area (Å²) in [5.74, 6) is 1.22. The third-order valence-corrected chi connectivity index (χ3v) is 5.43. The molecule has 0 atom stereocenters. The summed E-state index contributed by atoms with van der Waals surface area (Å²) in [5.41, 5.74) is 5.35. The fourth-order valence-electron chi connectivity index (χ4n) is 3.28. The SMILES string of the molecule is COc1ccc(-c2csc(-n3nc(C)cc3NC(=O)c3cc(C)cc(C)c3)n2)cc1. The number of thiazole rings is 1. The second-order valence-electron chi connectivity index (χ2n) is 7.16. The van der Waals surface area contributed by atoms with Crippen LogP contribution in [0.1, 0.15) is 27.2 Å². The summed E-state index contributed by atoms with van der Waals surface area (Å²) in [6.45, 7) is 5.85.